The maximum absolute atomic E-state index is 13.0. The Labute approximate surface area is 158 Å². The molecule has 0 aliphatic heterocycles. The van der Waals surface area contributed by atoms with E-state index in [4.69, 9.17) is 4.98 Å². The van der Waals surface area contributed by atoms with Gasteiger partial charge in [0.25, 0.3) is 0 Å². The topological polar surface area (TPSA) is 62.3 Å². The summed E-state index contributed by atoms with van der Waals surface area (Å²) in [6.45, 7) is 3.91. The third-order valence-corrected chi connectivity index (χ3v) is 5.75. The molecule has 1 N–H and O–H groups in total. The number of hydrogen-bond donors (Lipinski definition) is 1. The number of para-hydroxylation sites is 1. The molecule has 0 saturated heterocycles. The minimum Gasteiger partial charge on any atom is -0.352 e. The predicted molar refractivity (Wildman–Crippen MR) is 105 cm³/mol. The zero-order valence-electron chi connectivity index (χ0n) is 15.4. The van der Waals surface area contributed by atoms with E-state index in [0.29, 0.717) is 6.42 Å². The van der Waals surface area contributed by atoms with Crippen molar-refractivity contribution in [3.63, 3.8) is 0 Å². The number of nitrogens with one attached hydrogen (secondary N) is 1. The van der Waals surface area contributed by atoms with Crippen LogP contribution in [-0.2, 0) is 9.59 Å². The quantitative estimate of drug-likeness (QED) is 0.820. The number of aromatic nitrogens is 1. The van der Waals surface area contributed by atoms with Crippen LogP contribution in [0.5, 0.6) is 0 Å². The Balaban J connectivity index is 1.77. The van der Waals surface area contributed by atoms with E-state index < -0.39 is 0 Å². The van der Waals surface area contributed by atoms with Gasteiger partial charge in [-0.2, -0.15) is 0 Å². The maximum Gasteiger partial charge on any atom is 0.239 e. The van der Waals surface area contributed by atoms with Crippen LogP contribution in [0.25, 0.3) is 10.2 Å². The van der Waals surface area contributed by atoms with Crippen LogP contribution in [0.3, 0.4) is 0 Å². The van der Waals surface area contributed by atoms with Gasteiger partial charge in [0.2, 0.25) is 11.8 Å². The van der Waals surface area contributed by atoms with Crippen LogP contribution in [0.2, 0.25) is 0 Å². The van der Waals surface area contributed by atoms with Crippen molar-refractivity contribution in [1.29, 1.82) is 0 Å². The highest BCUT2D eigenvalue weighted by atomic mass is 32.1. The number of nitrogens with zero attached hydrogens (tertiary/aromatic N) is 2. The Morgan fingerprint density at radius 1 is 1.27 bits per heavy atom. The highest BCUT2D eigenvalue weighted by molar-refractivity contribution is 7.18. The summed E-state index contributed by atoms with van der Waals surface area (Å²) in [5.74, 6) is -0.214. The molecule has 1 aromatic carbocycles. The van der Waals surface area contributed by atoms with Gasteiger partial charge in [0.05, 0.1) is 27.7 Å². The Bertz CT molecular complexity index is 794. The number of carbonyl (C=O) groups excluding carboxylic acids is 2. The number of allylic oxidation sites excluding steroid dienone is 2. The Hall–Kier alpha value is -2.21. The van der Waals surface area contributed by atoms with E-state index in [1.165, 1.54) is 0 Å². The van der Waals surface area contributed by atoms with Crippen molar-refractivity contribution < 1.29 is 9.59 Å². The first kappa shape index (κ1) is 18.6. The van der Waals surface area contributed by atoms with E-state index in [0.717, 1.165) is 21.6 Å². The van der Waals surface area contributed by atoms with Gasteiger partial charge >= 0.3 is 0 Å². The summed E-state index contributed by atoms with van der Waals surface area (Å²) in [6, 6.07) is 8.13. The van der Waals surface area contributed by atoms with Gasteiger partial charge in [-0.1, -0.05) is 24.3 Å². The Morgan fingerprint density at radius 3 is 2.73 bits per heavy atom. The second-order valence-electron chi connectivity index (χ2n) is 7.09. The fourth-order valence-corrected chi connectivity index (χ4v) is 4.50. The molecular formula is C20H25N3O2S. The normalized spacial score (nSPS) is 19.7. The molecule has 2 amide bonds. The molecule has 138 valence electrons. The number of amides is 2. The highest BCUT2D eigenvalue weighted by Gasteiger charge is 2.34. The molecule has 3 rings (SSSR count). The molecule has 1 heterocycles. The lowest BCUT2D eigenvalue weighted by atomic mass is 9.82. The second-order valence-corrected chi connectivity index (χ2v) is 8.15. The molecule has 0 unspecified atom stereocenters. The van der Waals surface area contributed by atoms with Crippen LogP contribution >= 0.6 is 11.3 Å². The largest absolute Gasteiger partial charge is 0.352 e. The third kappa shape index (κ3) is 4.12. The van der Waals surface area contributed by atoms with Crippen molar-refractivity contribution in [3.05, 3.63) is 41.4 Å². The Kier molecular flexibility index (Phi) is 5.71. The molecule has 0 bridgehead atoms. The molecule has 2 atom stereocenters. The Morgan fingerprint density at radius 2 is 2.00 bits per heavy atom. The molecule has 5 nitrogen and oxygen atoms in total. The number of benzene rings is 1. The lowest BCUT2D eigenvalue weighted by Gasteiger charge is -2.29. The number of carbonyl (C=O) groups is 2. The summed E-state index contributed by atoms with van der Waals surface area (Å²) in [7, 11) is 1.70. The van der Waals surface area contributed by atoms with Crippen LogP contribution in [0, 0.1) is 5.92 Å². The lowest BCUT2D eigenvalue weighted by Crippen LogP contribution is -2.44. The van der Waals surface area contributed by atoms with E-state index in [1.807, 2.05) is 32.0 Å². The average Bonchev–Trinajstić information content (AvgIpc) is 3.04. The van der Waals surface area contributed by atoms with Crippen molar-refractivity contribution >= 4 is 33.4 Å². The molecule has 1 aromatic heterocycles. The van der Waals surface area contributed by atoms with Gasteiger partial charge in [-0.05, 0) is 38.8 Å². The summed E-state index contributed by atoms with van der Waals surface area (Å²) in [5, 5.41) is 3.84. The van der Waals surface area contributed by atoms with E-state index in [2.05, 4.69) is 23.5 Å². The summed E-state index contributed by atoms with van der Waals surface area (Å²) in [4.78, 5) is 31.3. The van der Waals surface area contributed by atoms with Gasteiger partial charge in [-0.25, -0.2) is 4.98 Å². The zero-order chi connectivity index (χ0) is 18.7. The SMILES string of the molecule is CC(C)NC(=O)CN(C)C(=O)[C@H]1CC=CC[C@@H]1c1nc2ccccc2s1. The maximum atomic E-state index is 13.0. The van der Waals surface area contributed by atoms with Gasteiger partial charge in [0, 0.05) is 19.0 Å². The molecule has 6 heteroatoms. The molecular weight excluding hydrogens is 346 g/mol. The van der Waals surface area contributed by atoms with Crippen molar-refractivity contribution in [1.82, 2.24) is 15.2 Å². The summed E-state index contributed by atoms with van der Waals surface area (Å²) >= 11 is 1.66. The van der Waals surface area contributed by atoms with E-state index in [9.17, 15) is 9.59 Å². The van der Waals surface area contributed by atoms with E-state index >= 15 is 0 Å². The molecule has 0 spiro atoms. The number of rotatable bonds is 5. The molecule has 26 heavy (non-hydrogen) atoms. The smallest absolute Gasteiger partial charge is 0.239 e. The van der Waals surface area contributed by atoms with Crippen LogP contribution < -0.4 is 5.32 Å². The van der Waals surface area contributed by atoms with Gasteiger partial charge in [0.1, 0.15) is 0 Å². The third-order valence-electron chi connectivity index (χ3n) is 4.58. The summed E-state index contributed by atoms with van der Waals surface area (Å²) in [6.07, 6.45) is 5.69. The molecule has 1 aliphatic rings. The van der Waals surface area contributed by atoms with Crippen molar-refractivity contribution in [3.8, 4) is 0 Å². The highest BCUT2D eigenvalue weighted by Crippen LogP contribution is 2.39. The fourth-order valence-electron chi connectivity index (χ4n) is 3.35. The van der Waals surface area contributed by atoms with Crippen LogP contribution in [-0.4, -0.2) is 41.3 Å². The van der Waals surface area contributed by atoms with Gasteiger partial charge < -0.3 is 10.2 Å². The average molecular weight is 372 g/mol. The van der Waals surface area contributed by atoms with Gasteiger partial charge in [-0.15, -0.1) is 11.3 Å². The standard InChI is InChI=1S/C20H25N3O2S/c1-13(2)21-18(24)12-23(3)20(25)15-9-5-4-8-14(15)19-22-16-10-6-7-11-17(16)26-19/h4-7,10-11,13-15H,8-9,12H2,1-3H3,(H,21,24)/t14-,15-/m0/s1. The van der Waals surface area contributed by atoms with Crippen molar-refractivity contribution in [2.75, 3.05) is 13.6 Å². The second kappa shape index (κ2) is 7.99. The van der Waals surface area contributed by atoms with Gasteiger partial charge in [-0.3, -0.25) is 9.59 Å². The minimum absolute atomic E-state index is 0.0116. The summed E-state index contributed by atoms with van der Waals surface area (Å²) in [5.41, 5.74) is 0.984. The first-order valence-corrected chi connectivity index (χ1v) is 9.82. The molecule has 2 aromatic rings. The number of hydrogen-bond acceptors (Lipinski definition) is 4. The lowest BCUT2D eigenvalue weighted by molar-refractivity contribution is -0.138. The predicted octanol–water partition coefficient (Wildman–Crippen LogP) is 3.33. The minimum atomic E-state index is -0.169. The first-order valence-electron chi connectivity index (χ1n) is 9.00. The van der Waals surface area contributed by atoms with Crippen LogP contribution in [0.1, 0.15) is 37.6 Å². The molecule has 0 radical (unpaired) electrons. The molecule has 0 saturated carbocycles. The van der Waals surface area contributed by atoms with Crippen molar-refractivity contribution in [2.45, 2.75) is 38.6 Å². The van der Waals surface area contributed by atoms with E-state index in [1.54, 1.807) is 23.3 Å². The fraction of sp³-hybridized carbons (Fsp3) is 0.450. The monoisotopic (exact) mass is 371 g/mol. The number of thiazole rings is 1. The molecule has 1 aliphatic carbocycles. The van der Waals surface area contributed by atoms with Crippen LogP contribution in [0.15, 0.2) is 36.4 Å². The van der Waals surface area contributed by atoms with E-state index in [-0.39, 0.29) is 36.2 Å². The van der Waals surface area contributed by atoms with Gasteiger partial charge in [0.15, 0.2) is 0 Å². The first-order chi connectivity index (χ1) is 12.5. The number of likely N-dealkylation sites (N-methyl/N-ethyl adjacent to an activating group) is 1. The zero-order valence-corrected chi connectivity index (χ0v) is 16.3. The summed E-state index contributed by atoms with van der Waals surface area (Å²) < 4.78 is 1.15. The van der Waals surface area contributed by atoms with Crippen molar-refractivity contribution in [2.24, 2.45) is 5.92 Å². The van der Waals surface area contributed by atoms with Crippen LogP contribution in [0.4, 0.5) is 0 Å². The number of fused-ring (bicyclic) bond motifs is 1. The molecule has 0 fully saturated rings.